The summed E-state index contributed by atoms with van der Waals surface area (Å²) in [7, 11) is 0. The number of likely N-dealkylation sites (tertiary alicyclic amines) is 1. The van der Waals surface area contributed by atoms with Gasteiger partial charge < -0.3 is 25.7 Å². The zero-order valence-electron chi connectivity index (χ0n) is 23.3. The van der Waals surface area contributed by atoms with Crippen molar-refractivity contribution < 1.29 is 33.8 Å². The Morgan fingerprint density at radius 2 is 1.48 bits per heavy atom. The summed E-state index contributed by atoms with van der Waals surface area (Å²) in [6.07, 6.45) is 2.63. The molecule has 1 aliphatic rings. The molecular weight excluding hydrogens is 541 g/mol. The molecule has 0 aromatic heterocycles. The van der Waals surface area contributed by atoms with E-state index in [4.69, 9.17) is 15.9 Å². The number of nitrogen functional groups attached to an aromatic ring is 1. The first-order valence-corrected chi connectivity index (χ1v) is 13.4. The standard InChI is InChI=1S/C28H30FN3O2.C4H4O4/c1-20-3-2-4-26(19-20)32(28(34)23-7-11-25(30)12-8-23)18-17-31-15-13-22(14-16-31)27(33)21-5-9-24(29)10-6-21;5-3(6)1-2-4(7)8/h2-12,19,22H,13-18,30H2,1H3;1-2H,(H,5,6)(H,7,8)/b;2-1+. The molecule has 4 N–H and O–H groups in total. The molecule has 4 rings (SSSR count). The van der Waals surface area contributed by atoms with E-state index < -0.39 is 11.9 Å². The van der Waals surface area contributed by atoms with E-state index in [-0.39, 0.29) is 23.4 Å². The molecule has 1 fully saturated rings. The van der Waals surface area contributed by atoms with Gasteiger partial charge in [0.2, 0.25) is 0 Å². The molecule has 3 aromatic rings. The smallest absolute Gasteiger partial charge is 0.328 e. The summed E-state index contributed by atoms with van der Waals surface area (Å²) in [5.74, 6) is -2.88. The van der Waals surface area contributed by atoms with Gasteiger partial charge in [-0.05, 0) is 99.1 Å². The number of aryl methyl sites for hydroxylation is 1. The summed E-state index contributed by atoms with van der Waals surface area (Å²) in [6.45, 7) is 4.85. The van der Waals surface area contributed by atoms with Gasteiger partial charge in [-0.1, -0.05) is 12.1 Å². The maximum atomic E-state index is 13.4. The maximum Gasteiger partial charge on any atom is 0.328 e. The van der Waals surface area contributed by atoms with Crippen LogP contribution in [0.15, 0.2) is 84.9 Å². The number of ketones is 1. The van der Waals surface area contributed by atoms with Gasteiger partial charge in [-0.25, -0.2) is 14.0 Å². The van der Waals surface area contributed by atoms with E-state index in [1.54, 1.807) is 36.4 Å². The van der Waals surface area contributed by atoms with E-state index in [2.05, 4.69) is 4.90 Å². The van der Waals surface area contributed by atoms with E-state index >= 15 is 0 Å². The normalized spacial score (nSPS) is 13.7. The van der Waals surface area contributed by atoms with E-state index in [1.807, 2.05) is 36.1 Å². The van der Waals surface area contributed by atoms with Gasteiger partial charge >= 0.3 is 11.9 Å². The first-order chi connectivity index (χ1) is 20.0. The van der Waals surface area contributed by atoms with Crippen molar-refractivity contribution in [3.05, 3.63) is 107 Å². The van der Waals surface area contributed by atoms with Crippen LogP contribution in [0.4, 0.5) is 15.8 Å². The lowest BCUT2D eigenvalue weighted by atomic mass is 9.89. The molecule has 0 aliphatic carbocycles. The highest BCUT2D eigenvalue weighted by molar-refractivity contribution is 6.06. The Kier molecular flexibility index (Phi) is 11.5. The van der Waals surface area contributed by atoms with Gasteiger partial charge in [0.1, 0.15) is 5.82 Å². The lowest BCUT2D eigenvalue weighted by Crippen LogP contribution is -2.42. The zero-order chi connectivity index (χ0) is 30.6. The first kappa shape index (κ1) is 31.7. The molecule has 1 heterocycles. The van der Waals surface area contributed by atoms with Crippen LogP contribution in [-0.2, 0) is 9.59 Å². The number of halogens is 1. The Balaban J connectivity index is 0.000000531. The number of carboxylic acid groups (broad SMARTS) is 2. The first-order valence-electron chi connectivity index (χ1n) is 13.4. The molecule has 3 aromatic carbocycles. The average molecular weight is 576 g/mol. The van der Waals surface area contributed by atoms with Crippen molar-refractivity contribution in [2.45, 2.75) is 19.8 Å². The second kappa shape index (κ2) is 15.2. The monoisotopic (exact) mass is 575 g/mol. The van der Waals surface area contributed by atoms with Crippen molar-refractivity contribution in [2.24, 2.45) is 5.92 Å². The molecule has 0 radical (unpaired) electrons. The van der Waals surface area contributed by atoms with Gasteiger partial charge in [-0.2, -0.15) is 0 Å². The lowest BCUT2D eigenvalue weighted by Gasteiger charge is -2.33. The number of nitrogens with two attached hydrogens (primary N) is 1. The summed E-state index contributed by atoms with van der Waals surface area (Å²) in [5, 5.41) is 15.6. The lowest BCUT2D eigenvalue weighted by molar-refractivity contribution is -0.134. The Labute approximate surface area is 243 Å². The van der Waals surface area contributed by atoms with Crippen molar-refractivity contribution in [3.63, 3.8) is 0 Å². The molecule has 0 unspecified atom stereocenters. The Morgan fingerprint density at radius 1 is 0.905 bits per heavy atom. The van der Waals surface area contributed by atoms with Crippen LogP contribution >= 0.6 is 0 Å². The molecule has 9 nitrogen and oxygen atoms in total. The number of carbonyl (C=O) groups excluding carboxylic acids is 2. The fourth-order valence-corrected chi connectivity index (χ4v) is 4.58. The molecule has 0 bridgehead atoms. The highest BCUT2D eigenvalue weighted by Gasteiger charge is 2.27. The van der Waals surface area contributed by atoms with Crippen LogP contribution in [0.3, 0.4) is 0 Å². The third-order valence-corrected chi connectivity index (χ3v) is 6.81. The number of benzene rings is 3. The van der Waals surface area contributed by atoms with Gasteiger partial charge in [0.15, 0.2) is 5.78 Å². The minimum atomic E-state index is -1.26. The number of hydrogen-bond donors (Lipinski definition) is 3. The Hall–Kier alpha value is -4.83. The number of aliphatic carboxylic acids is 2. The summed E-state index contributed by atoms with van der Waals surface area (Å²) in [4.78, 5) is 49.3. The second-order valence-electron chi connectivity index (χ2n) is 9.91. The third kappa shape index (κ3) is 9.67. The summed E-state index contributed by atoms with van der Waals surface area (Å²) < 4.78 is 13.2. The molecule has 0 saturated carbocycles. The zero-order valence-corrected chi connectivity index (χ0v) is 23.3. The number of amides is 1. The largest absolute Gasteiger partial charge is 0.478 e. The van der Waals surface area contributed by atoms with Crippen LogP contribution in [0.5, 0.6) is 0 Å². The van der Waals surface area contributed by atoms with Crippen molar-refractivity contribution in [3.8, 4) is 0 Å². The molecule has 0 spiro atoms. The number of carbonyl (C=O) groups is 4. The third-order valence-electron chi connectivity index (χ3n) is 6.81. The number of rotatable bonds is 9. The number of piperidine rings is 1. The average Bonchev–Trinajstić information content (AvgIpc) is 2.97. The molecule has 1 saturated heterocycles. The van der Waals surface area contributed by atoms with Crippen molar-refractivity contribution in [1.82, 2.24) is 4.90 Å². The van der Waals surface area contributed by atoms with Crippen LogP contribution in [0, 0.1) is 18.7 Å². The molecule has 1 aliphatic heterocycles. The summed E-state index contributed by atoms with van der Waals surface area (Å²) in [5.41, 5.74) is 9.54. The number of carboxylic acids is 2. The fraction of sp³-hybridized carbons (Fsp3) is 0.250. The SMILES string of the molecule is Cc1cccc(N(CCN2CCC(C(=O)c3ccc(F)cc3)CC2)C(=O)c2ccc(N)cc2)c1.O=C(O)/C=C/C(=O)O. The predicted octanol–water partition coefficient (Wildman–Crippen LogP) is 4.67. The van der Waals surface area contributed by atoms with Crippen LogP contribution in [-0.4, -0.2) is 64.9 Å². The Bertz CT molecular complexity index is 1400. The van der Waals surface area contributed by atoms with Gasteiger partial charge in [-0.3, -0.25) is 9.59 Å². The predicted molar refractivity (Wildman–Crippen MR) is 158 cm³/mol. The highest BCUT2D eigenvalue weighted by atomic mass is 19.1. The molecule has 0 atom stereocenters. The molecule has 220 valence electrons. The van der Waals surface area contributed by atoms with E-state index in [0.717, 1.165) is 37.2 Å². The maximum absolute atomic E-state index is 13.4. The van der Waals surface area contributed by atoms with Crippen molar-refractivity contribution in [2.75, 3.05) is 36.8 Å². The van der Waals surface area contributed by atoms with Crippen molar-refractivity contribution >= 4 is 35.0 Å². The number of Topliss-reactive ketones (excluding diaryl/α,β-unsaturated/α-hetero) is 1. The second-order valence-corrected chi connectivity index (χ2v) is 9.91. The summed E-state index contributed by atoms with van der Waals surface area (Å²) in [6, 6.07) is 20.7. The Morgan fingerprint density at radius 3 is 2.02 bits per heavy atom. The van der Waals surface area contributed by atoms with Crippen LogP contribution in [0.25, 0.3) is 0 Å². The summed E-state index contributed by atoms with van der Waals surface area (Å²) >= 11 is 0. The van der Waals surface area contributed by atoms with Crippen molar-refractivity contribution in [1.29, 1.82) is 0 Å². The minimum absolute atomic E-state index is 0.0500. The fourth-order valence-electron chi connectivity index (χ4n) is 4.58. The van der Waals surface area contributed by atoms with Gasteiger partial charge in [0.05, 0.1) is 0 Å². The molecular formula is C32H34FN3O6. The molecule has 42 heavy (non-hydrogen) atoms. The highest BCUT2D eigenvalue weighted by Crippen LogP contribution is 2.23. The molecule has 10 heteroatoms. The van der Waals surface area contributed by atoms with E-state index in [0.29, 0.717) is 42.1 Å². The van der Waals surface area contributed by atoms with Gasteiger partial charge in [-0.15, -0.1) is 0 Å². The minimum Gasteiger partial charge on any atom is -0.478 e. The van der Waals surface area contributed by atoms with E-state index in [1.165, 1.54) is 12.1 Å². The van der Waals surface area contributed by atoms with E-state index in [9.17, 15) is 23.6 Å². The number of hydrogen-bond acceptors (Lipinski definition) is 6. The number of nitrogens with zero attached hydrogens (tertiary/aromatic N) is 2. The van der Waals surface area contributed by atoms with Gasteiger partial charge in [0.25, 0.3) is 5.91 Å². The quantitative estimate of drug-likeness (QED) is 0.190. The van der Waals surface area contributed by atoms with Crippen LogP contribution in [0.1, 0.15) is 39.1 Å². The number of anilines is 2. The van der Waals surface area contributed by atoms with Crippen LogP contribution in [0.2, 0.25) is 0 Å². The topological polar surface area (TPSA) is 141 Å². The van der Waals surface area contributed by atoms with Gasteiger partial charge in [0, 0.05) is 53.7 Å². The molecule has 1 amide bonds. The van der Waals surface area contributed by atoms with Crippen LogP contribution < -0.4 is 10.6 Å².